The van der Waals surface area contributed by atoms with Crippen molar-refractivity contribution >= 4 is 35.7 Å². The van der Waals surface area contributed by atoms with Gasteiger partial charge in [-0.1, -0.05) is 36.4 Å². The third kappa shape index (κ3) is 9.69. The highest BCUT2D eigenvalue weighted by molar-refractivity contribution is 5.96. The third-order valence-corrected chi connectivity index (χ3v) is 9.44. The zero-order chi connectivity index (χ0) is 37.3. The highest BCUT2D eigenvalue weighted by Gasteiger charge is 2.36. The number of para-hydroxylation sites is 2. The van der Waals surface area contributed by atoms with E-state index >= 15 is 0 Å². The molecule has 0 unspecified atom stereocenters. The summed E-state index contributed by atoms with van der Waals surface area (Å²) in [5.74, 6) is -1.96. The maximum absolute atomic E-state index is 13.7. The minimum atomic E-state index is -1.20. The lowest BCUT2D eigenvalue weighted by Gasteiger charge is -2.35. The van der Waals surface area contributed by atoms with Crippen molar-refractivity contribution in [2.75, 3.05) is 45.9 Å². The Kier molecular flexibility index (Phi) is 11.9. The van der Waals surface area contributed by atoms with Gasteiger partial charge >= 0.3 is 12.1 Å². The van der Waals surface area contributed by atoms with Crippen LogP contribution in [-0.2, 0) is 19.2 Å². The first-order valence-corrected chi connectivity index (χ1v) is 17.8. The van der Waals surface area contributed by atoms with Gasteiger partial charge in [-0.25, -0.2) is 9.48 Å². The van der Waals surface area contributed by atoms with E-state index in [0.717, 1.165) is 12.8 Å². The first-order valence-electron chi connectivity index (χ1n) is 17.8. The number of carbonyl (C=O) groups is 6. The number of carbonyl (C=O) groups excluding carboxylic acids is 5. The molecule has 3 N–H and O–H groups in total. The number of rotatable bonds is 14. The molecule has 3 heterocycles. The molecule has 1 saturated carbocycles. The van der Waals surface area contributed by atoms with Crippen LogP contribution in [-0.4, -0.2) is 123 Å². The molecule has 3 aliphatic rings. The summed E-state index contributed by atoms with van der Waals surface area (Å²) in [6, 6.07) is 17.0. The van der Waals surface area contributed by atoms with Crippen LogP contribution < -0.4 is 20.1 Å². The standard InChI is InChI=1S/C37H43N7O9/c45-31(43-17-7-12-30(43)35(49)38-23-25-13-14-25)24-52-32-22-29(40-44(32)26-8-3-1-4-9-26)34(48)39-28(15-16-33(46)47)36(50)41-18-20-42(21-19-41)37(51)53-27-10-5-2-6-11-27/h1-6,8-11,22,25,28,30H,7,12-21,23-24H2,(H,38,49)(H,39,48)(H,46,47)/t28-,30-/m0/s1. The Labute approximate surface area is 306 Å². The molecule has 2 atom stereocenters. The third-order valence-electron chi connectivity index (χ3n) is 9.44. The van der Waals surface area contributed by atoms with Crippen molar-refractivity contribution in [3.8, 4) is 17.3 Å². The largest absolute Gasteiger partial charge is 0.481 e. The predicted octanol–water partition coefficient (Wildman–Crippen LogP) is 2.07. The normalized spacial score (nSPS) is 17.5. The van der Waals surface area contributed by atoms with Gasteiger partial charge in [-0.2, -0.15) is 5.10 Å². The van der Waals surface area contributed by atoms with Gasteiger partial charge in [0, 0.05) is 51.8 Å². The Morgan fingerprint density at radius 1 is 0.868 bits per heavy atom. The number of piperazine rings is 1. The van der Waals surface area contributed by atoms with Crippen LogP contribution in [0.15, 0.2) is 66.7 Å². The molecule has 3 fully saturated rings. The number of carboxylic acid groups (broad SMARTS) is 1. The van der Waals surface area contributed by atoms with Crippen molar-refractivity contribution in [2.45, 2.75) is 50.6 Å². The van der Waals surface area contributed by atoms with Gasteiger partial charge in [0.2, 0.25) is 17.7 Å². The Morgan fingerprint density at radius 3 is 2.23 bits per heavy atom. The summed E-state index contributed by atoms with van der Waals surface area (Å²) < 4.78 is 12.7. The lowest BCUT2D eigenvalue weighted by molar-refractivity contribution is -0.140. The van der Waals surface area contributed by atoms with E-state index in [9.17, 15) is 33.9 Å². The molecule has 53 heavy (non-hydrogen) atoms. The molecule has 3 aromatic rings. The monoisotopic (exact) mass is 729 g/mol. The average Bonchev–Trinajstić information content (AvgIpc) is 3.69. The van der Waals surface area contributed by atoms with Gasteiger partial charge in [0.25, 0.3) is 11.8 Å². The van der Waals surface area contributed by atoms with Gasteiger partial charge in [-0.05, 0) is 62.3 Å². The molecule has 280 valence electrons. The Bertz CT molecular complexity index is 1790. The van der Waals surface area contributed by atoms with E-state index in [1.54, 1.807) is 60.7 Å². The van der Waals surface area contributed by atoms with Crippen molar-refractivity contribution < 1.29 is 43.3 Å². The van der Waals surface area contributed by atoms with Crippen molar-refractivity contribution in [1.82, 2.24) is 35.1 Å². The molecule has 0 bridgehead atoms. The number of hydrogen-bond donors (Lipinski definition) is 3. The summed E-state index contributed by atoms with van der Waals surface area (Å²) >= 11 is 0. The maximum Gasteiger partial charge on any atom is 0.415 e. The molecule has 16 heteroatoms. The highest BCUT2D eigenvalue weighted by Crippen LogP contribution is 2.28. The molecule has 0 radical (unpaired) electrons. The number of benzene rings is 2. The minimum absolute atomic E-state index is 0.0792. The molecule has 2 saturated heterocycles. The van der Waals surface area contributed by atoms with Crippen LogP contribution in [0, 0.1) is 5.92 Å². The number of carboxylic acids is 1. The summed E-state index contributed by atoms with van der Waals surface area (Å²) in [5, 5.41) is 19.4. The summed E-state index contributed by atoms with van der Waals surface area (Å²) in [4.78, 5) is 82.0. The Morgan fingerprint density at radius 2 is 1.55 bits per heavy atom. The quantitative estimate of drug-likeness (QED) is 0.221. The van der Waals surface area contributed by atoms with Gasteiger partial charge in [0.15, 0.2) is 12.3 Å². The van der Waals surface area contributed by atoms with Crippen LogP contribution in [0.4, 0.5) is 4.79 Å². The van der Waals surface area contributed by atoms with Crippen molar-refractivity contribution in [1.29, 1.82) is 0 Å². The topological polar surface area (TPSA) is 193 Å². The zero-order valence-corrected chi connectivity index (χ0v) is 29.2. The summed E-state index contributed by atoms with van der Waals surface area (Å²) in [6.45, 7) is 1.29. The molecule has 5 amide bonds. The molecule has 2 aliphatic heterocycles. The number of aromatic nitrogens is 2. The summed E-state index contributed by atoms with van der Waals surface area (Å²) in [5.41, 5.74) is 0.408. The van der Waals surface area contributed by atoms with E-state index in [1.807, 2.05) is 0 Å². The highest BCUT2D eigenvalue weighted by atomic mass is 16.6. The van der Waals surface area contributed by atoms with E-state index in [1.165, 1.54) is 25.4 Å². The summed E-state index contributed by atoms with van der Waals surface area (Å²) in [6.07, 6.45) is 2.33. The molecule has 1 aliphatic carbocycles. The van der Waals surface area contributed by atoms with E-state index in [0.29, 0.717) is 43.3 Å². The van der Waals surface area contributed by atoms with Crippen LogP contribution in [0.5, 0.6) is 11.6 Å². The van der Waals surface area contributed by atoms with Crippen LogP contribution in [0.3, 0.4) is 0 Å². The molecular weight excluding hydrogens is 686 g/mol. The second kappa shape index (κ2) is 17.1. The molecular formula is C37H43N7O9. The number of likely N-dealkylation sites (tertiary alicyclic amines) is 1. The molecule has 1 aromatic heterocycles. The van der Waals surface area contributed by atoms with Crippen LogP contribution in [0.1, 0.15) is 49.0 Å². The number of nitrogens with one attached hydrogen (secondary N) is 2. The van der Waals surface area contributed by atoms with E-state index in [2.05, 4.69) is 15.7 Å². The number of amides is 5. The Balaban J connectivity index is 1.11. The SMILES string of the molecule is O=C(O)CC[C@H](NC(=O)c1cc(OCC(=O)N2CCC[C@H]2C(=O)NCC2CC2)n(-c2ccccc2)n1)C(=O)N1CCN(C(=O)Oc2ccccc2)CC1. The maximum atomic E-state index is 13.7. The lowest BCUT2D eigenvalue weighted by Crippen LogP contribution is -2.56. The lowest BCUT2D eigenvalue weighted by atomic mass is 10.1. The average molecular weight is 730 g/mol. The molecule has 2 aromatic carbocycles. The summed E-state index contributed by atoms with van der Waals surface area (Å²) in [7, 11) is 0. The fraction of sp³-hybridized carbons (Fsp3) is 0.432. The predicted molar refractivity (Wildman–Crippen MR) is 188 cm³/mol. The minimum Gasteiger partial charge on any atom is -0.481 e. The number of aliphatic carboxylic acids is 1. The number of ether oxygens (including phenoxy) is 2. The van der Waals surface area contributed by atoms with E-state index in [4.69, 9.17) is 9.47 Å². The second-order valence-electron chi connectivity index (χ2n) is 13.3. The zero-order valence-electron chi connectivity index (χ0n) is 29.2. The van der Waals surface area contributed by atoms with Gasteiger partial charge in [0.05, 0.1) is 5.69 Å². The van der Waals surface area contributed by atoms with Crippen molar-refractivity contribution in [3.63, 3.8) is 0 Å². The second-order valence-corrected chi connectivity index (χ2v) is 13.3. The molecule has 0 spiro atoms. The first-order chi connectivity index (χ1) is 25.7. The van der Waals surface area contributed by atoms with Crippen LogP contribution in [0.2, 0.25) is 0 Å². The fourth-order valence-corrected chi connectivity index (χ4v) is 6.31. The fourth-order valence-electron chi connectivity index (χ4n) is 6.31. The van der Waals surface area contributed by atoms with Crippen LogP contribution in [0.25, 0.3) is 5.69 Å². The smallest absolute Gasteiger partial charge is 0.415 e. The van der Waals surface area contributed by atoms with Crippen molar-refractivity contribution in [3.05, 3.63) is 72.4 Å². The van der Waals surface area contributed by atoms with Crippen molar-refractivity contribution in [2.24, 2.45) is 5.92 Å². The molecule has 16 nitrogen and oxygen atoms in total. The van der Waals surface area contributed by atoms with E-state index in [-0.39, 0.29) is 62.4 Å². The number of nitrogens with zero attached hydrogens (tertiary/aromatic N) is 5. The van der Waals surface area contributed by atoms with Gasteiger partial charge in [-0.3, -0.25) is 24.0 Å². The van der Waals surface area contributed by atoms with Crippen LogP contribution >= 0.6 is 0 Å². The molecule has 6 rings (SSSR count). The van der Waals surface area contributed by atoms with Gasteiger partial charge in [0.1, 0.15) is 17.8 Å². The number of hydrogen-bond acceptors (Lipinski definition) is 9. The van der Waals surface area contributed by atoms with Gasteiger partial charge < -0.3 is 39.9 Å². The first kappa shape index (κ1) is 36.8. The van der Waals surface area contributed by atoms with Gasteiger partial charge in [-0.15, -0.1) is 0 Å². The Hall–Kier alpha value is -5.93. The van der Waals surface area contributed by atoms with E-state index < -0.39 is 42.6 Å².